The number of nitrogens with zero attached hydrogens (tertiary/aromatic N) is 1. The molecular formula is C27H33N3O3S. The van der Waals surface area contributed by atoms with Gasteiger partial charge in [0, 0.05) is 41.9 Å². The largest absolute Gasteiger partial charge is 0.506 e. The molecule has 180 valence electrons. The minimum absolute atomic E-state index is 0.0315. The Morgan fingerprint density at radius 1 is 1.00 bits per heavy atom. The summed E-state index contributed by atoms with van der Waals surface area (Å²) in [5, 5.41) is 17.8. The van der Waals surface area contributed by atoms with Crippen molar-refractivity contribution in [2.75, 3.05) is 48.4 Å². The lowest BCUT2D eigenvalue weighted by atomic mass is 9.87. The van der Waals surface area contributed by atoms with Crippen molar-refractivity contribution in [1.82, 2.24) is 4.90 Å². The van der Waals surface area contributed by atoms with Gasteiger partial charge in [0.25, 0.3) is 0 Å². The molecule has 4 rings (SSSR count). The van der Waals surface area contributed by atoms with Crippen LogP contribution in [-0.2, 0) is 5.41 Å². The summed E-state index contributed by atoms with van der Waals surface area (Å²) in [5.41, 5.74) is 1.99. The van der Waals surface area contributed by atoms with E-state index in [1.54, 1.807) is 6.07 Å². The number of thioether (sulfide) groups is 1. The average molecular weight is 480 g/mol. The molecule has 0 saturated carbocycles. The molecule has 1 heterocycles. The number of hydrogen-bond acceptors (Lipinski definition) is 5. The van der Waals surface area contributed by atoms with Crippen LogP contribution in [0.15, 0.2) is 54.6 Å². The number of benzene rings is 3. The smallest absolute Gasteiger partial charge is 0.323 e. The number of urea groups is 1. The van der Waals surface area contributed by atoms with Gasteiger partial charge in [-0.25, -0.2) is 4.79 Å². The number of hydrogen-bond donors (Lipinski definition) is 3. The number of carbonyl (C=O) groups is 1. The zero-order valence-corrected chi connectivity index (χ0v) is 20.9. The lowest BCUT2D eigenvalue weighted by molar-refractivity contribution is 0.224. The maximum Gasteiger partial charge on any atom is 0.323 e. The zero-order valence-electron chi connectivity index (χ0n) is 20.1. The number of aromatic hydroxyl groups is 1. The molecule has 3 aromatic carbocycles. The second-order valence-electron chi connectivity index (χ2n) is 9.52. The number of anilines is 2. The fraction of sp³-hybridized carbons (Fsp3) is 0.370. The van der Waals surface area contributed by atoms with E-state index in [2.05, 4.69) is 36.3 Å². The highest BCUT2D eigenvalue weighted by Gasteiger charge is 2.17. The maximum atomic E-state index is 12.8. The van der Waals surface area contributed by atoms with Crippen molar-refractivity contribution < 1.29 is 14.6 Å². The second kappa shape index (κ2) is 10.6. The summed E-state index contributed by atoms with van der Waals surface area (Å²) in [7, 11) is 0. The normalized spacial score (nSPS) is 14.7. The molecule has 6 nitrogen and oxygen atoms in total. The monoisotopic (exact) mass is 479 g/mol. The summed E-state index contributed by atoms with van der Waals surface area (Å²) in [6.45, 7) is 10.0. The quantitative estimate of drug-likeness (QED) is 0.383. The number of amides is 2. The molecule has 0 bridgehead atoms. The van der Waals surface area contributed by atoms with Gasteiger partial charge in [0.2, 0.25) is 0 Å². The molecule has 0 aliphatic carbocycles. The van der Waals surface area contributed by atoms with E-state index in [1.165, 1.54) is 11.5 Å². The van der Waals surface area contributed by atoms with Crippen LogP contribution in [0.5, 0.6) is 11.5 Å². The molecular weight excluding hydrogens is 446 g/mol. The summed E-state index contributed by atoms with van der Waals surface area (Å²) in [5.74, 6) is 3.21. The van der Waals surface area contributed by atoms with Crippen molar-refractivity contribution in [2.24, 2.45) is 0 Å². The van der Waals surface area contributed by atoms with Crippen LogP contribution in [0.2, 0.25) is 0 Å². The Bertz CT molecular complexity index is 1150. The van der Waals surface area contributed by atoms with Crippen LogP contribution in [0.1, 0.15) is 26.3 Å². The van der Waals surface area contributed by atoms with E-state index in [-0.39, 0.29) is 11.2 Å². The number of phenols is 1. The molecule has 0 unspecified atom stereocenters. The van der Waals surface area contributed by atoms with Crippen LogP contribution in [0, 0.1) is 0 Å². The summed E-state index contributed by atoms with van der Waals surface area (Å²) >= 11 is 2.00. The standard InChI is InChI=1S/C27H33N3O3S/c1-27(2,3)19-8-10-24(31)23(18-19)29-26(32)28-22-9-11-25(21-7-5-4-6-20(21)22)33-15-12-30-13-16-34-17-14-30/h4-11,18,31H,12-17H2,1-3H3,(H2,28,29,32). The highest BCUT2D eigenvalue weighted by Crippen LogP contribution is 2.33. The molecule has 0 radical (unpaired) electrons. The molecule has 1 aliphatic heterocycles. The van der Waals surface area contributed by atoms with Crippen LogP contribution < -0.4 is 15.4 Å². The molecule has 3 aromatic rings. The third kappa shape index (κ3) is 5.96. The molecule has 7 heteroatoms. The summed E-state index contributed by atoms with van der Waals surface area (Å²) in [4.78, 5) is 15.2. The summed E-state index contributed by atoms with van der Waals surface area (Å²) in [6, 6.07) is 16.5. The van der Waals surface area contributed by atoms with Crippen LogP contribution in [0.3, 0.4) is 0 Å². The van der Waals surface area contributed by atoms with Crippen molar-refractivity contribution in [3.63, 3.8) is 0 Å². The predicted octanol–water partition coefficient (Wildman–Crippen LogP) is 5.91. The van der Waals surface area contributed by atoms with Gasteiger partial charge >= 0.3 is 6.03 Å². The van der Waals surface area contributed by atoms with E-state index < -0.39 is 6.03 Å². The van der Waals surface area contributed by atoms with Crippen molar-refractivity contribution in [1.29, 1.82) is 0 Å². The van der Waals surface area contributed by atoms with Gasteiger partial charge in [-0.15, -0.1) is 0 Å². The first kappa shape index (κ1) is 24.2. The number of phenolic OH excluding ortho intramolecular Hbond substituents is 1. The van der Waals surface area contributed by atoms with Gasteiger partial charge in [-0.1, -0.05) is 51.1 Å². The Hall–Kier alpha value is -2.90. The molecule has 0 spiro atoms. The van der Waals surface area contributed by atoms with E-state index in [9.17, 15) is 9.90 Å². The predicted molar refractivity (Wildman–Crippen MR) is 143 cm³/mol. The Morgan fingerprint density at radius 3 is 2.44 bits per heavy atom. The Kier molecular flexibility index (Phi) is 7.54. The number of rotatable bonds is 6. The molecule has 1 aliphatic rings. The Labute approximate surface area is 205 Å². The van der Waals surface area contributed by atoms with Crippen molar-refractivity contribution >= 4 is 39.9 Å². The van der Waals surface area contributed by atoms with Gasteiger partial charge in [0.1, 0.15) is 18.1 Å². The molecule has 3 N–H and O–H groups in total. The molecule has 0 atom stereocenters. The first-order chi connectivity index (χ1) is 16.3. The summed E-state index contributed by atoms with van der Waals surface area (Å²) < 4.78 is 6.13. The van der Waals surface area contributed by atoms with Gasteiger partial charge in [-0.2, -0.15) is 11.8 Å². The number of carbonyl (C=O) groups excluding carboxylic acids is 1. The van der Waals surface area contributed by atoms with Crippen LogP contribution in [0.25, 0.3) is 10.8 Å². The SMILES string of the molecule is CC(C)(C)c1ccc(O)c(NC(=O)Nc2ccc(OCCN3CCSCC3)c3ccccc23)c1. The van der Waals surface area contributed by atoms with E-state index >= 15 is 0 Å². The van der Waals surface area contributed by atoms with E-state index in [0.717, 1.165) is 41.7 Å². The van der Waals surface area contributed by atoms with Crippen molar-refractivity contribution in [3.8, 4) is 11.5 Å². The minimum atomic E-state index is -0.414. The highest BCUT2D eigenvalue weighted by molar-refractivity contribution is 7.99. The van der Waals surface area contributed by atoms with Gasteiger partial charge < -0.3 is 20.5 Å². The Morgan fingerprint density at radius 2 is 1.71 bits per heavy atom. The van der Waals surface area contributed by atoms with Gasteiger partial charge in [0.05, 0.1) is 11.4 Å². The maximum absolute atomic E-state index is 12.8. The molecule has 34 heavy (non-hydrogen) atoms. The number of ether oxygens (including phenoxy) is 1. The van der Waals surface area contributed by atoms with Crippen LogP contribution >= 0.6 is 11.8 Å². The Balaban J connectivity index is 1.46. The third-order valence-electron chi connectivity index (χ3n) is 6.01. The molecule has 2 amide bonds. The van der Waals surface area contributed by atoms with Gasteiger partial charge in [0.15, 0.2) is 0 Å². The first-order valence-electron chi connectivity index (χ1n) is 11.7. The van der Waals surface area contributed by atoms with E-state index in [0.29, 0.717) is 18.0 Å². The number of nitrogens with one attached hydrogen (secondary N) is 2. The molecule has 1 fully saturated rings. The van der Waals surface area contributed by atoms with Crippen LogP contribution in [-0.4, -0.2) is 53.8 Å². The fourth-order valence-corrected chi connectivity index (χ4v) is 4.97. The van der Waals surface area contributed by atoms with Crippen molar-refractivity contribution in [2.45, 2.75) is 26.2 Å². The molecule has 1 saturated heterocycles. The lowest BCUT2D eigenvalue weighted by Gasteiger charge is -2.26. The number of fused-ring (bicyclic) bond motifs is 1. The van der Waals surface area contributed by atoms with Crippen molar-refractivity contribution in [3.05, 3.63) is 60.2 Å². The fourth-order valence-electron chi connectivity index (χ4n) is 3.99. The summed E-state index contributed by atoms with van der Waals surface area (Å²) in [6.07, 6.45) is 0. The first-order valence-corrected chi connectivity index (χ1v) is 12.8. The average Bonchev–Trinajstić information content (AvgIpc) is 2.82. The molecule has 0 aromatic heterocycles. The topological polar surface area (TPSA) is 73.8 Å². The van der Waals surface area contributed by atoms with E-state index in [4.69, 9.17) is 4.74 Å². The lowest BCUT2D eigenvalue weighted by Crippen LogP contribution is -2.35. The third-order valence-corrected chi connectivity index (χ3v) is 6.95. The zero-order chi connectivity index (χ0) is 24.1. The second-order valence-corrected chi connectivity index (χ2v) is 10.7. The van der Waals surface area contributed by atoms with Crippen LogP contribution in [0.4, 0.5) is 16.2 Å². The minimum Gasteiger partial charge on any atom is -0.506 e. The van der Waals surface area contributed by atoms with Gasteiger partial charge in [-0.05, 0) is 35.2 Å². The van der Waals surface area contributed by atoms with Gasteiger partial charge in [-0.3, -0.25) is 4.90 Å². The highest BCUT2D eigenvalue weighted by atomic mass is 32.2. The van der Waals surface area contributed by atoms with E-state index in [1.807, 2.05) is 60.3 Å².